The minimum atomic E-state index is -0.552. The van der Waals surface area contributed by atoms with Gasteiger partial charge in [0.25, 0.3) is 0 Å². The first-order chi connectivity index (χ1) is 16.4. The summed E-state index contributed by atoms with van der Waals surface area (Å²) in [5.41, 5.74) is 2.83. The van der Waals surface area contributed by atoms with Crippen molar-refractivity contribution in [3.05, 3.63) is 53.8 Å². The number of hydrogen-bond donors (Lipinski definition) is 2. The third kappa shape index (κ3) is 5.91. The lowest BCUT2D eigenvalue weighted by Gasteiger charge is -2.34. The van der Waals surface area contributed by atoms with Gasteiger partial charge in [-0.05, 0) is 29.3 Å². The lowest BCUT2D eigenvalue weighted by Crippen LogP contribution is -2.46. The molecule has 1 atom stereocenters. The van der Waals surface area contributed by atoms with Gasteiger partial charge in [-0.15, -0.1) is 0 Å². The third-order valence-corrected chi connectivity index (χ3v) is 6.27. The first kappa shape index (κ1) is 24.1. The topological polar surface area (TPSA) is 85.4 Å². The molecule has 0 aromatic heterocycles. The Bertz CT molecular complexity index is 1010. The number of benzene rings is 2. The van der Waals surface area contributed by atoms with E-state index in [4.69, 9.17) is 9.84 Å². The Balaban J connectivity index is 1.37. The van der Waals surface area contributed by atoms with Gasteiger partial charge in [-0.25, -0.2) is 9.18 Å². The lowest BCUT2D eigenvalue weighted by molar-refractivity contribution is -0.119. The second-order valence-corrected chi connectivity index (χ2v) is 8.76. The van der Waals surface area contributed by atoms with E-state index in [0.29, 0.717) is 11.3 Å². The average molecular weight is 471 g/mol. The molecule has 0 saturated carbocycles. The van der Waals surface area contributed by atoms with Crippen LogP contribution in [0.4, 0.5) is 14.9 Å². The molecule has 2 aromatic rings. The van der Waals surface area contributed by atoms with Crippen molar-refractivity contribution >= 4 is 17.7 Å². The highest BCUT2D eigenvalue weighted by atomic mass is 19.1. The molecule has 2 fully saturated rings. The summed E-state index contributed by atoms with van der Waals surface area (Å²) in [6.07, 6.45) is -1.02. The highest BCUT2D eigenvalue weighted by Crippen LogP contribution is 2.29. The van der Waals surface area contributed by atoms with Crippen LogP contribution in [0.5, 0.6) is 0 Å². The van der Waals surface area contributed by atoms with Gasteiger partial charge in [0.1, 0.15) is 11.9 Å². The predicted molar refractivity (Wildman–Crippen MR) is 127 cm³/mol. The molecule has 34 heavy (non-hydrogen) atoms. The molecule has 4 rings (SSSR count). The van der Waals surface area contributed by atoms with Crippen LogP contribution in [-0.2, 0) is 16.1 Å². The number of anilines is 1. The van der Waals surface area contributed by atoms with Gasteiger partial charge in [-0.2, -0.15) is 0 Å². The second kappa shape index (κ2) is 10.9. The molecular formula is C25H31FN4O4. The number of piperazine rings is 1. The van der Waals surface area contributed by atoms with Crippen molar-refractivity contribution in [3.8, 4) is 11.1 Å². The minimum absolute atomic E-state index is 0.195. The standard InChI is InChI=1S/C25H31FN4O4/c1-18(32)27-15-22-17-30(25(33)34-22)21-6-7-23(24(26)14-21)20-4-2-19(3-5-20)16-29-10-8-28(9-11-29)12-13-31/h2-7,14,22,31H,8-13,15-17H2,1H3,(H,27,32). The van der Waals surface area contributed by atoms with Crippen LogP contribution in [-0.4, -0.2) is 85.4 Å². The van der Waals surface area contributed by atoms with Crippen LogP contribution < -0.4 is 10.2 Å². The monoisotopic (exact) mass is 470 g/mol. The fourth-order valence-electron chi connectivity index (χ4n) is 4.36. The van der Waals surface area contributed by atoms with Crippen LogP contribution in [0, 0.1) is 5.82 Å². The first-order valence-electron chi connectivity index (χ1n) is 11.6. The summed E-state index contributed by atoms with van der Waals surface area (Å²) < 4.78 is 20.2. The predicted octanol–water partition coefficient (Wildman–Crippen LogP) is 2.06. The SMILES string of the molecule is CC(=O)NCC1CN(c2ccc(-c3ccc(CN4CCN(CCO)CC4)cc3)c(F)c2)C(=O)O1. The number of nitrogens with one attached hydrogen (secondary N) is 1. The van der Waals surface area contributed by atoms with Crippen LogP contribution in [0.3, 0.4) is 0 Å². The van der Waals surface area contributed by atoms with Crippen LogP contribution >= 0.6 is 0 Å². The number of aliphatic hydroxyl groups is 1. The maximum Gasteiger partial charge on any atom is 0.414 e. The fraction of sp³-hybridized carbons (Fsp3) is 0.440. The van der Waals surface area contributed by atoms with E-state index in [1.54, 1.807) is 12.1 Å². The highest BCUT2D eigenvalue weighted by molar-refractivity contribution is 5.90. The number of rotatable bonds is 8. The Morgan fingerprint density at radius 1 is 1.12 bits per heavy atom. The smallest absolute Gasteiger partial charge is 0.414 e. The van der Waals surface area contributed by atoms with Gasteiger partial charge in [0.05, 0.1) is 25.4 Å². The number of β-amino-alcohol motifs (C(OH)–C–C–N with tert-alkyl or cyclic N) is 1. The summed E-state index contributed by atoms with van der Waals surface area (Å²) >= 11 is 0. The molecule has 2 heterocycles. The van der Waals surface area contributed by atoms with Crippen molar-refractivity contribution in [2.24, 2.45) is 0 Å². The highest BCUT2D eigenvalue weighted by Gasteiger charge is 2.32. The number of carbonyl (C=O) groups excluding carboxylic acids is 2. The summed E-state index contributed by atoms with van der Waals surface area (Å²) in [5.74, 6) is -0.611. The number of halogens is 1. The Hall–Kier alpha value is -3.01. The van der Waals surface area contributed by atoms with E-state index in [9.17, 15) is 14.0 Å². The summed E-state index contributed by atoms with van der Waals surface area (Å²) in [6, 6.07) is 12.6. The summed E-state index contributed by atoms with van der Waals surface area (Å²) in [4.78, 5) is 29.3. The van der Waals surface area contributed by atoms with Crippen molar-refractivity contribution in [1.29, 1.82) is 0 Å². The Kier molecular flexibility index (Phi) is 7.77. The molecule has 0 spiro atoms. The molecule has 0 radical (unpaired) electrons. The molecule has 1 unspecified atom stereocenters. The van der Waals surface area contributed by atoms with E-state index in [-0.39, 0.29) is 25.6 Å². The summed E-state index contributed by atoms with van der Waals surface area (Å²) in [5, 5.41) is 11.7. The summed E-state index contributed by atoms with van der Waals surface area (Å²) in [6.45, 7) is 7.46. The molecule has 2 aromatic carbocycles. The van der Waals surface area contributed by atoms with Gasteiger partial charge in [-0.1, -0.05) is 24.3 Å². The van der Waals surface area contributed by atoms with E-state index in [1.807, 2.05) is 24.3 Å². The molecule has 8 nitrogen and oxygen atoms in total. The normalized spacial score (nSPS) is 19.3. The largest absolute Gasteiger partial charge is 0.442 e. The van der Waals surface area contributed by atoms with Gasteiger partial charge in [0, 0.05) is 51.8 Å². The molecule has 9 heteroatoms. The zero-order chi connectivity index (χ0) is 24.1. The maximum absolute atomic E-state index is 15.0. The fourth-order valence-corrected chi connectivity index (χ4v) is 4.36. The average Bonchev–Trinajstić information content (AvgIpc) is 3.20. The van der Waals surface area contributed by atoms with Gasteiger partial charge in [0.2, 0.25) is 5.91 Å². The molecule has 2 N–H and O–H groups in total. The quantitative estimate of drug-likeness (QED) is 0.615. The van der Waals surface area contributed by atoms with Crippen LogP contribution in [0.15, 0.2) is 42.5 Å². The van der Waals surface area contributed by atoms with Crippen molar-refractivity contribution in [2.75, 3.05) is 57.3 Å². The zero-order valence-corrected chi connectivity index (χ0v) is 19.4. The molecular weight excluding hydrogens is 439 g/mol. The molecule has 0 bridgehead atoms. The molecule has 182 valence electrons. The third-order valence-electron chi connectivity index (χ3n) is 6.27. The van der Waals surface area contributed by atoms with E-state index < -0.39 is 18.0 Å². The molecule has 2 amide bonds. The number of hydrogen-bond acceptors (Lipinski definition) is 6. The Morgan fingerprint density at radius 3 is 2.47 bits per heavy atom. The van der Waals surface area contributed by atoms with Crippen molar-refractivity contribution in [2.45, 2.75) is 19.6 Å². The number of nitrogens with zero attached hydrogens (tertiary/aromatic N) is 3. The van der Waals surface area contributed by atoms with Gasteiger partial charge >= 0.3 is 6.09 Å². The number of amides is 2. The summed E-state index contributed by atoms with van der Waals surface area (Å²) in [7, 11) is 0. The Morgan fingerprint density at radius 2 is 1.82 bits per heavy atom. The molecule has 0 aliphatic carbocycles. The minimum Gasteiger partial charge on any atom is -0.442 e. The molecule has 2 saturated heterocycles. The zero-order valence-electron chi connectivity index (χ0n) is 19.4. The van der Waals surface area contributed by atoms with Crippen molar-refractivity contribution < 1.29 is 23.8 Å². The number of ether oxygens (including phenoxy) is 1. The van der Waals surface area contributed by atoms with Gasteiger partial charge in [-0.3, -0.25) is 19.5 Å². The lowest BCUT2D eigenvalue weighted by atomic mass is 10.0. The second-order valence-electron chi connectivity index (χ2n) is 8.76. The number of cyclic esters (lactones) is 1. The Labute approximate surface area is 198 Å². The van der Waals surface area contributed by atoms with Crippen LogP contribution in [0.1, 0.15) is 12.5 Å². The van der Waals surface area contributed by atoms with E-state index in [0.717, 1.165) is 44.8 Å². The van der Waals surface area contributed by atoms with Crippen LogP contribution in [0.25, 0.3) is 11.1 Å². The van der Waals surface area contributed by atoms with Crippen molar-refractivity contribution in [3.63, 3.8) is 0 Å². The first-order valence-corrected chi connectivity index (χ1v) is 11.6. The van der Waals surface area contributed by atoms with E-state index >= 15 is 0 Å². The van der Waals surface area contributed by atoms with Crippen molar-refractivity contribution in [1.82, 2.24) is 15.1 Å². The van der Waals surface area contributed by atoms with Crippen LogP contribution in [0.2, 0.25) is 0 Å². The van der Waals surface area contributed by atoms with Gasteiger partial charge in [0.15, 0.2) is 0 Å². The van der Waals surface area contributed by atoms with E-state index in [1.165, 1.54) is 23.5 Å². The van der Waals surface area contributed by atoms with Gasteiger partial charge < -0.3 is 15.2 Å². The number of aliphatic hydroxyl groups excluding tert-OH is 1. The number of carbonyl (C=O) groups is 2. The molecule has 2 aliphatic heterocycles. The van der Waals surface area contributed by atoms with E-state index in [2.05, 4.69) is 15.1 Å². The maximum atomic E-state index is 15.0. The molecule has 2 aliphatic rings.